The third-order valence-corrected chi connectivity index (χ3v) is 4.15. The third kappa shape index (κ3) is 1.63. The molecular formula is C14H17FN2O. The molecule has 1 spiro atoms. The van der Waals surface area contributed by atoms with Gasteiger partial charge in [-0.15, -0.1) is 0 Å². The Morgan fingerprint density at radius 1 is 1.39 bits per heavy atom. The van der Waals surface area contributed by atoms with E-state index in [2.05, 4.69) is 5.32 Å². The Hall–Kier alpha value is -1.42. The summed E-state index contributed by atoms with van der Waals surface area (Å²) in [6.07, 6.45) is 3.75. The summed E-state index contributed by atoms with van der Waals surface area (Å²) in [6, 6.07) is 6.46. The highest BCUT2D eigenvalue weighted by molar-refractivity contribution is 5.89. The van der Waals surface area contributed by atoms with Gasteiger partial charge in [0.2, 0.25) is 5.91 Å². The van der Waals surface area contributed by atoms with Crippen molar-refractivity contribution in [1.29, 1.82) is 0 Å². The van der Waals surface area contributed by atoms with Crippen LogP contribution in [0.4, 0.5) is 4.39 Å². The van der Waals surface area contributed by atoms with Crippen LogP contribution in [-0.2, 0) is 4.79 Å². The monoisotopic (exact) mass is 248 g/mol. The van der Waals surface area contributed by atoms with Crippen molar-refractivity contribution < 1.29 is 9.18 Å². The molecule has 1 aliphatic heterocycles. The van der Waals surface area contributed by atoms with Crippen LogP contribution in [0.15, 0.2) is 24.3 Å². The van der Waals surface area contributed by atoms with Gasteiger partial charge in [-0.2, -0.15) is 0 Å². The van der Waals surface area contributed by atoms with Gasteiger partial charge < -0.3 is 4.90 Å². The Balaban J connectivity index is 1.93. The van der Waals surface area contributed by atoms with Gasteiger partial charge in [-0.1, -0.05) is 25.0 Å². The van der Waals surface area contributed by atoms with Gasteiger partial charge in [0.25, 0.3) is 0 Å². The fourth-order valence-electron chi connectivity index (χ4n) is 3.20. The molecular weight excluding hydrogens is 231 g/mol. The minimum atomic E-state index is -0.397. The fourth-order valence-corrected chi connectivity index (χ4v) is 3.20. The summed E-state index contributed by atoms with van der Waals surface area (Å²) in [5.41, 5.74) is 0.417. The molecule has 1 saturated heterocycles. The number of halogens is 1. The Morgan fingerprint density at radius 3 is 2.78 bits per heavy atom. The second-order valence-corrected chi connectivity index (χ2v) is 5.31. The molecule has 4 heteroatoms. The molecule has 18 heavy (non-hydrogen) atoms. The maximum atomic E-state index is 13.3. The number of amides is 1. The van der Waals surface area contributed by atoms with E-state index in [0.29, 0.717) is 0 Å². The summed E-state index contributed by atoms with van der Waals surface area (Å²) in [5, 5.41) is 3.42. The van der Waals surface area contributed by atoms with Gasteiger partial charge in [0.1, 0.15) is 12.0 Å². The van der Waals surface area contributed by atoms with Crippen molar-refractivity contribution in [1.82, 2.24) is 10.2 Å². The molecule has 1 aromatic carbocycles. The van der Waals surface area contributed by atoms with Crippen LogP contribution in [0, 0.1) is 5.82 Å². The van der Waals surface area contributed by atoms with E-state index in [1.54, 1.807) is 18.0 Å². The van der Waals surface area contributed by atoms with Gasteiger partial charge in [-0.25, -0.2) is 4.39 Å². The normalized spacial score (nSPS) is 26.2. The number of nitrogens with zero attached hydrogens (tertiary/aromatic N) is 1. The van der Waals surface area contributed by atoms with Crippen molar-refractivity contribution in [2.45, 2.75) is 37.4 Å². The lowest BCUT2D eigenvalue weighted by Crippen LogP contribution is -2.43. The second kappa shape index (κ2) is 4.05. The maximum Gasteiger partial charge on any atom is 0.244 e. The molecule has 2 aliphatic rings. The van der Waals surface area contributed by atoms with E-state index in [1.807, 2.05) is 6.07 Å². The SMILES string of the molecule is CN1C(=O)C2(CCCC2)NC1c1cccc(F)c1. The molecule has 3 nitrogen and oxygen atoms in total. The quantitative estimate of drug-likeness (QED) is 0.826. The van der Waals surface area contributed by atoms with Crippen LogP contribution in [0.5, 0.6) is 0 Å². The maximum absolute atomic E-state index is 13.3. The number of benzene rings is 1. The average Bonchev–Trinajstić information content (AvgIpc) is 2.92. The Labute approximate surface area is 106 Å². The molecule has 1 unspecified atom stereocenters. The summed E-state index contributed by atoms with van der Waals surface area (Å²) in [6.45, 7) is 0. The first kappa shape index (κ1) is 11.7. The first-order valence-corrected chi connectivity index (χ1v) is 6.43. The van der Waals surface area contributed by atoms with Crippen molar-refractivity contribution in [3.63, 3.8) is 0 Å². The summed E-state index contributed by atoms with van der Waals surface area (Å²) >= 11 is 0. The van der Waals surface area contributed by atoms with Gasteiger partial charge >= 0.3 is 0 Å². The zero-order valence-corrected chi connectivity index (χ0v) is 10.4. The molecule has 1 saturated carbocycles. The van der Waals surface area contributed by atoms with E-state index in [-0.39, 0.29) is 17.9 Å². The topological polar surface area (TPSA) is 32.3 Å². The standard InChI is InChI=1S/C14H17FN2O/c1-17-12(10-5-4-6-11(15)9-10)16-14(13(17)18)7-2-3-8-14/h4-6,9,12,16H,2-3,7-8H2,1H3. The van der Waals surface area contributed by atoms with E-state index in [0.717, 1.165) is 31.2 Å². The first-order valence-electron chi connectivity index (χ1n) is 6.43. The lowest BCUT2D eigenvalue weighted by atomic mass is 9.98. The van der Waals surface area contributed by atoms with Crippen LogP contribution in [0.3, 0.4) is 0 Å². The predicted octanol–water partition coefficient (Wildman–Crippen LogP) is 2.20. The molecule has 2 fully saturated rings. The summed E-state index contributed by atoms with van der Waals surface area (Å²) in [4.78, 5) is 14.1. The molecule has 1 aliphatic carbocycles. The number of rotatable bonds is 1. The molecule has 1 amide bonds. The van der Waals surface area contributed by atoms with E-state index in [4.69, 9.17) is 0 Å². The van der Waals surface area contributed by atoms with Crippen molar-refractivity contribution >= 4 is 5.91 Å². The second-order valence-electron chi connectivity index (χ2n) is 5.31. The van der Waals surface area contributed by atoms with E-state index in [9.17, 15) is 9.18 Å². The number of likely N-dealkylation sites (N-methyl/N-ethyl adjacent to an activating group) is 1. The van der Waals surface area contributed by atoms with Crippen LogP contribution < -0.4 is 5.32 Å². The summed E-state index contributed by atoms with van der Waals surface area (Å²) in [7, 11) is 1.79. The Kier molecular flexibility index (Phi) is 2.63. The van der Waals surface area contributed by atoms with Crippen LogP contribution >= 0.6 is 0 Å². The van der Waals surface area contributed by atoms with E-state index in [1.165, 1.54) is 12.1 Å². The van der Waals surface area contributed by atoms with Crippen LogP contribution in [0.1, 0.15) is 37.4 Å². The highest BCUT2D eigenvalue weighted by atomic mass is 19.1. The van der Waals surface area contributed by atoms with Gasteiger partial charge in [0, 0.05) is 7.05 Å². The zero-order valence-electron chi connectivity index (χ0n) is 10.4. The largest absolute Gasteiger partial charge is 0.324 e. The molecule has 1 atom stereocenters. The lowest BCUT2D eigenvalue weighted by molar-refractivity contribution is -0.132. The van der Waals surface area contributed by atoms with Crippen LogP contribution in [0.2, 0.25) is 0 Å². The third-order valence-electron chi connectivity index (χ3n) is 4.15. The summed E-state index contributed by atoms with van der Waals surface area (Å²) < 4.78 is 13.3. The number of nitrogens with one attached hydrogen (secondary N) is 1. The van der Waals surface area contributed by atoms with Crippen LogP contribution in [0.25, 0.3) is 0 Å². The first-order chi connectivity index (χ1) is 8.62. The Bertz CT molecular complexity index is 482. The zero-order chi connectivity index (χ0) is 12.8. The number of hydrogen-bond donors (Lipinski definition) is 1. The molecule has 96 valence electrons. The molecule has 0 bridgehead atoms. The lowest BCUT2D eigenvalue weighted by Gasteiger charge is -2.21. The molecule has 1 aromatic rings. The Morgan fingerprint density at radius 2 is 2.11 bits per heavy atom. The van der Waals surface area contributed by atoms with Gasteiger partial charge in [-0.05, 0) is 30.5 Å². The smallest absolute Gasteiger partial charge is 0.244 e. The van der Waals surface area contributed by atoms with Crippen molar-refractivity contribution in [3.05, 3.63) is 35.6 Å². The fraction of sp³-hybridized carbons (Fsp3) is 0.500. The highest BCUT2D eigenvalue weighted by Gasteiger charge is 2.51. The average molecular weight is 248 g/mol. The molecule has 3 rings (SSSR count). The number of carbonyl (C=O) groups is 1. The number of hydrogen-bond acceptors (Lipinski definition) is 2. The minimum absolute atomic E-state index is 0.147. The molecule has 0 radical (unpaired) electrons. The summed E-state index contributed by atoms with van der Waals surface area (Å²) in [5.74, 6) is -0.114. The minimum Gasteiger partial charge on any atom is -0.324 e. The van der Waals surface area contributed by atoms with Crippen LogP contribution in [-0.4, -0.2) is 23.4 Å². The molecule has 1 N–H and O–H groups in total. The van der Waals surface area contributed by atoms with Gasteiger partial charge in [0.05, 0.1) is 5.54 Å². The molecule has 0 aromatic heterocycles. The van der Waals surface area contributed by atoms with E-state index >= 15 is 0 Å². The highest BCUT2D eigenvalue weighted by Crippen LogP contribution is 2.39. The van der Waals surface area contributed by atoms with Crippen molar-refractivity contribution in [2.75, 3.05) is 7.05 Å². The molecule has 1 heterocycles. The van der Waals surface area contributed by atoms with Crippen molar-refractivity contribution in [2.24, 2.45) is 0 Å². The van der Waals surface area contributed by atoms with Gasteiger partial charge in [0.15, 0.2) is 0 Å². The number of carbonyl (C=O) groups excluding carboxylic acids is 1. The van der Waals surface area contributed by atoms with Crippen molar-refractivity contribution in [3.8, 4) is 0 Å². The van der Waals surface area contributed by atoms with Gasteiger partial charge in [-0.3, -0.25) is 10.1 Å². The predicted molar refractivity (Wildman–Crippen MR) is 66.2 cm³/mol. The van der Waals surface area contributed by atoms with E-state index < -0.39 is 5.54 Å².